The molecule has 136 valence electrons. The molecule has 0 N–H and O–H groups in total. The third kappa shape index (κ3) is 3.96. The molecule has 2 aromatic rings. The molecule has 1 heterocycles. The van der Waals surface area contributed by atoms with Gasteiger partial charge in [0.15, 0.2) is 11.5 Å². The van der Waals surface area contributed by atoms with Crippen LogP contribution in [-0.2, 0) is 11.3 Å². The van der Waals surface area contributed by atoms with Crippen molar-refractivity contribution in [2.24, 2.45) is 0 Å². The molecule has 5 nitrogen and oxygen atoms in total. The maximum absolute atomic E-state index is 13.7. The van der Waals surface area contributed by atoms with Crippen molar-refractivity contribution in [2.75, 3.05) is 27.4 Å². The minimum Gasteiger partial charge on any atom is -0.493 e. The quantitative estimate of drug-likeness (QED) is 0.771. The Labute approximate surface area is 151 Å². The van der Waals surface area contributed by atoms with E-state index in [1.807, 2.05) is 0 Å². The summed E-state index contributed by atoms with van der Waals surface area (Å²) in [7, 11) is 3.18. The number of hydrogen-bond donors (Lipinski definition) is 0. The fourth-order valence-corrected chi connectivity index (χ4v) is 2.64. The Kier molecular flexibility index (Phi) is 5.41. The number of nitrogens with zero attached hydrogens (tertiary/aromatic N) is 1. The molecule has 2 aromatic carbocycles. The normalized spacial score (nSPS) is 12.9. The molecule has 0 atom stereocenters. The van der Waals surface area contributed by atoms with Crippen molar-refractivity contribution < 1.29 is 23.4 Å². The number of rotatable bonds is 5. The number of carbonyl (C=O) groups excluding carboxylic acids is 1. The van der Waals surface area contributed by atoms with Gasteiger partial charge < -0.3 is 19.1 Å². The molecule has 0 aromatic heterocycles. The van der Waals surface area contributed by atoms with Crippen LogP contribution in [0.5, 0.6) is 17.2 Å². The number of likely N-dealkylation sites (N-methyl/N-ethyl adjacent to an activating group) is 1. The Balaban J connectivity index is 1.72. The highest BCUT2D eigenvalue weighted by molar-refractivity contribution is 5.91. The highest BCUT2D eigenvalue weighted by atomic mass is 19.1. The summed E-state index contributed by atoms with van der Waals surface area (Å²) in [6.07, 6.45) is 3.10. The molecule has 0 fully saturated rings. The molecule has 6 heteroatoms. The number of methoxy groups -OCH3 is 1. The van der Waals surface area contributed by atoms with E-state index in [-0.39, 0.29) is 18.3 Å². The third-order valence-electron chi connectivity index (χ3n) is 4.01. The van der Waals surface area contributed by atoms with Gasteiger partial charge in [-0.2, -0.15) is 0 Å². The van der Waals surface area contributed by atoms with Gasteiger partial charge in [0.25, 0.3) is 0 Å². The van der Waals surface area contributed by atoms with E-state index < -0.39 is 0 Å². The number of carbonyl (C=O) groups is 1. The standard InChI is InChI=1S/C20H20FNO4/c1-22(13-15-5-3-4-6-16(15)21)19(23)8-7-14-11-17(24-2)20-18(12-14)25-9-10-26-20/h3-8,11-12H,9-10,13H2,1-2H3/b8-7+. The van der Waals surface area contributed by atoms with Gasteiger partial charge in [-0.25, -0.2) is 4.39 Å². The molecule has 0 unspecified atom stereocenters. The Morgan fingerprint density at radius 1 is 1.27 bits per heavy atom. The number of amides is 1. The van der Waals surface area contributed by atoms with Crippen LogP contribution in [0.25, 0.3) is 6.08 Å². The number of hydrogen-bond acceptors (Lipinski definition) is 4. The lowest BCUT2D eigenvalue weighted by atomic mass is 10.1. The van der Waals surface area contributed by atoms with Crippen molar-refractivity contribution in [1.82, 2.24) is 4.90 Å². The van der Waals surface area contributed by atoms with E-state index in [4.69, 9.17) is 14.2 Å². The Hall–Kier alpha value is -3.02. The highest BCUT2D eigenvalue weighted by Gasteiger charge is 2.18. The Morgan fingerprint density at radius 2 is 2.04 bits per heavy atom. The summed E-state index contributed by atoms with van der Waals surface area (Å²) in [6.45, 7) is 1.13. The number of benzene rings is 2. The van der Waals surface area contributed by atoms with Gasteiger partial charge in [-0.15, -0.1) is 0 Å². The summed E-state index contributed by atoms with van der Waals surface area (Å²) in [5, 5.41) is 0. The van der Waals surface area contributed by atoms with E-state index in [1.165, 1.54) is 17.0 Å². The van der Waals surface area contributed by atoms with Gasteiger partial charge in [-0.05, 0) is 29.8 Å². The molecule has 0 saturated heterocycles. The fourth-order valence-electron chi connectivity index (χ4n) is 2.64. The summed E-state index contributed by atoms with van der Waals surface area (Å²) < 4.78 is 30.2. The minimum absolute atomic E-state index is 0.195. The van der Waals surface area contributed by atoms with E-state index in [0.717, 1.165) is 5.56 Å². The highest BCUT2D eigenvalue weighted by Crippen LogP contribution is 2.40. The molecule has 0 aliphatic carbocycles. The second-order valence-electron chi connectivity index (χ2n) is 5.87. The second-order valence-corrected chi connectivity index (χ2v) is 5.87. The van der Waals surface area contributed by atoms with Crippen molar-refractivity contribution in [1.29, 1.82) is 0 Å². The van der Waals surface area contributed by atoms with Gasteiger partial charge in [0.05, 0.1) is 7.11 Å². The smallest absolute Gasteiger partial charge is 0.246 e. The van der Waals surface area contributed by atoms with Crippen LogP contribution in [0.15, 0.2) is 42.5 Å². The predicted octanol–water partition coefficient (Wildman–Crippen LogP) is 3.28. The summed E-state index contributed by atoms with van der Waals surface area (Å²) in [4.78, 5) is 13.8. The summed E-state index contributed by atoms with van der Waals surface area (Å²) in [5.41, 5.74) is 1.22. The molecule has 1 amide bonds. The molecular weight excluding hydrogens is 337 g/mol. The molecule has 0 saturated carbocycles. The average Bonchev–Trinajstić information content (AvgIpc) is 2.67. The van der Waals surface area contributed by atoms with E-state index in [2.05, 4.69) is 0 Å². The fraction of sp³-hybridized carbons (Fsp3) is 0.250. The zero-order chi connectivity index (χ0) is 18.5. The summed E-state index contributed by atoms with van der Waals surface area (Å²) in [5.74, 6) is 1.14. The molecule has 0 spiro atoms. The molecular formula is C20H20FNO4. The van der Waals surface area contributed by atoms with Crippen LogP contribution in [0.4, 0.5) is 4.39 Å². The van der Waals surface area contributed by atoms with E-state index in [9.17, 15) is 9.18 Å². The topological polar surface area (TPSA) is 48.0 Å². The lowest BCUT2D eigenvalue weighted by molar-refractivity contribution is -0.125. The first-order valence-corrected chi connectivity index (χ1v) is 8.22. The zero-order valence-corrected chi connectivity index (χ0v) is 14.7. The monoisotopic (exact) mass is 357 g/mol. The van der Waals surface area contributed by atoms with Crippen molar-refractivity contribution >= 4 is 12.0 Å². The molecule has 3 rings (SSSR count). The predicted molar refractivity (Wildman–Crippen MR) is 95.9 cm³/mol. The van der Waals surface area contributed by atoms with Crippen LogP contribution in [0.1, 0.15) is 11.1 Å². The largest absolute Gasteiger partial charge is 0.493 e. The summed E-state index contributed by atoms with van der Waals surface area (Å²) in [6, 6.07) is 9.97. The van der Waals surface area contributed by atoms with Gasteiger partial charge in [0, 0.05) is 25.2 Å². The van der Waals surface area contributed by atoms with Crippen LogP contribution >= 0.6 is 0 Å². The first kappa shape index (κ1) is 17.8. The zero-order valence-electron chi connectivity index (χ0n) is 14.7. The first-order valence-electron chi connectivity index (χ1n) is 8.22. The molecule has 1 aliphatic heterocycles. The van der Waals surface area contributed by atoms with E-state index in [0.29, 0.717) is 36.0 Å². The molecule has 26 heavy (non-hydrogen) atoms. The van der Waals surface area contributed by atoms with Crippen molar-refractivity contribution in [2.45, 2.75) is 6.54 Å². The maximum atomic E-state index is 13.7. The Morgan fingerprint density at radius 3 is 2.81 bits per heavy atom. The minimum atomic E-state index is -0.326. The average molecular weight is 357 g/mol. The maximum Gasteiger partial charge on any atom is 0.246 e. The second kappa shape index (κ2) is 7.91. The first-order chi connectivity index (χ1) is 12.6. The van der Waals surface area contributed by atoms with Gasteiger partial charge in [0.2, 0.25) is 11.7 Å². The van der Waals surface area contributed by atoms with Crippen LogP contribution in [0.2, 0.25) is 0 Å². The third-order valence-corrected chi connectivity index (χ3v) is 4.01. The number of halogens is 1. The molecule has 0 radical (unpaired) electrons. The van der Waals surface area contributed by atoms with E-state index >= 15 is 0 Å². The summed E-state index contributed by atoms with van der Waals surface area (Å²) >= 11 is 0. The van der Waals surface area contributed by atoms with Crippen LogP contribution in [0, 0.1) is 5.82 Å². The molecule has 1 aliphatic rings. The van der Waals surface area contributed by atoms with Gasteiger partial charge >= 0.3 is 0 Å². The van der Waals surface area contributed by atoms with Crippen LogP contribution in [0.3, 0.4) is 0 Å². The van der Waals surface area contributed by atoms with Crippen LogP contribution in [-0.4, -0.2) is 38.2 Å². The molecule has 0 bridgehead atoms. The van der Waals surface area contributed by atoms with Crippen molar-refractivity contribution in [3.05, 3.63) is 59.4 Å². The van der Waals surface area contributed by atoms with Crippen molar-refractivity contribution in [3.63, 3.8) is 0 Å². The lowest BCUT2D eigenvalue weighted by Gasteiger charge is -2.21. The van der Waals surface area contributed by atoms with Gasteiger partial charge in [0.1, 0.15) is 19.0 Å². The van der Waals surface area contributed by atoms with Gasteiger partial charge in [-0.1, -0.05) is 18.2 Å². The van der Waals surface area contributed by atoms with Gasteiger partial charge in [-0.3, -0.25) is 4.79 Å². The number of ether oxygens (including phenoxy) is 3. The van der Waals surface area contributed by atoms with Crippen molar-refractivity contribution in [3.8, 4) is 17.2 Å². The van der Waals surface area contributed by atoms with Crippen LogP contribution < -0.4 is 14.2 Å². The van der Waals surface area contributed by atoms with E-state index in [1.54, 1.807) is 50.6 Å². The Bertz CT molecular complexity index is 817. The number of fused-ring (bicyclic) bond motifs is 1. The lowest BCUT2D eigenvalue weighted by Crippen LogP contribution is -2.24. The SMILES string of the molecule is COc1cc(/C=C/C(=O)N(C)Cc2ccccc2F)cc2c1OCCO2.